The maximum absolute atomic E-state index is 9.72. The summed E-state index contributed by atoms with van der Waals surface area (Å²) in [7, 11) is 0. The van der Waals surface area contributed by atoms with Gasteiger partial charge >= 0.3 is 0 Å². The summed E-state index contributed by atoms with van der Waals surface area (Å²) >= 11 is 5.14. The summed E-state index contributed by atoms with van der Waals surface area (Å²) in [6.45, 7) is 2.78. The van der Waals surface area contributed by atoms with Crippen molar-refractivity contribution in [1.29, 1.82) is 0 Å². The molecule has 1 aromatic heterocycles. The third-order valence-corrected chi connectivity index (χ3v) is 4.16. The second-order valence-corrected chi connectivity index (χ2v) is 5.79. The van der Waals surface area contributed by atoms with Crippen LogP contribution in [0.5, 0.6) is 5.75 Å². The molecule has 17 heavy (non-hydrogen) atoms. The first-order valence-corrected chi connectivity index (χ1v) is 7.08. The number of hydrogen-bond donors (Lipinski definition) is 2. The van der Waals surface area contributed by atoms with Gasteiger partial charge in [-0.15, -0.1) is 11.3 Å². The Morgan fingerprint density at radius 2 is 2.24 bits per heavy atom. The number of hydrogen-bond acceptors (Lipinski definition) is 3. The Hall–Kier alpha value is -0.840. The number of nitrogens with one attached hydrogen (secondary N) is 1. The first kappa shape index (κ1) is 12.6. The van der Waals surface area contributed by atoms with Gasteiger partial charge in [-0.05, 0) is 36.6 Å². The molecule has 0 unspecified atom stereocenters. The molecule has 0 aliphatic carbocycles. The number of rotatable bonds is 4. The van der Waals surface area contributed by atoms with Gasteiger partial charge in [0.1, 0.15) is 5.75 Å². The van der Waals surface area contributed by atoms with Gasteiger partial charge in [0.15, 0.2) is 0 Å². The van der Waals surface area contributed by atoms with Gasteiger partial charge in [-0.1, -0.05) is 22.0 Å². The molecular weight excluding hydrogens is 298 g/mol. The van der Waals surface area contributed by atoms with Gasteiger partial charge in [0.25, 0.3) is 0 Å². The fourth-order valence-corrected chi connectivity index (χ4v) is 2.76. The van der Waals surface area contributed by atoms with E-state index in [4.69, 9.17) is 0 Å². The van der Waals surface area contributed by atoms with Crippen LogP contribution in [0.25, 0.3) is 0 Å². The number of thiophene rings is 1. The Kier molecular flexibility index (Phi) is 4.20. The van der Waals surface area contributed by atoms with Crippen molar-refractivity contribution in [2.75, 3.05) is 0 Å². The Morgan fingerprint density at radius 3 is 2.94 bits per heavy atom. The van der Waals surface area contributed by atoms with Crippen LogP contribution in [0, 0.1) is 0 Å². The lowest BCUT2D eigenvalue weighted by Gasteiger charge is -2.13. The lowest BCUT2D eigenvalue weighted by Crippen LogP contribution is -2.17. The fourth-order valence-electron chi connectivity index (χ4n) is 1.60. The first-order chi connectivity index (χ1) is 8.16. The molecular formula is C13H14BrNOS. The minimum Gasteiger partial charge on any atom is -0.508 e. The smallest absolute Gasteiger partial charge is 0.120 e. The summed E-state index contributed by atoms with van der Waals surface area (Å²) in [6.07, 6.45) is 0. The van der Waals surface area contributed by atoms with Crippen molar-refractivity contribution in [3.63, 3.8) is 0 Å². The number of aromatic hydroxyl groups is 1. The average molecular weight is 312 g/mol. The van der Waals surface area contributed by atoms with Crippen LogP contribution in [0.4, 0.5) is 0 Å². The molecule has 0 spiro atoms. The highest BCUT2D eigenvalue weighted by Crippen LogP contribution is 2.23. The molecule has 1 aromatic carbocycles. The molecule has 2 rings (SSSR count). The lowest BCUT2D eigenvalue weighted by atomic mass is 10.2. The van der Waals surface area contributed by atoms with E-state index in [1.807, 2.05) is 12.1 Å². The molecule has 1 heterocycles. The zero-order valence-electron chi connectivity index (χ0n) is 9.48. The van der Waals surface area contributed by atoms with Crippen LogP contribution in [0.1, 0.15) is 23.4 Å². The van der Waals surface area contributed by atoms with Gasteiger partial charge in [0, 0.05) is 27.5 Å². The van der Waals surface area contributed by atoms with Gasteiger partial charge in [0.05, 0.1) is 0 Å². The lowest BCUT2D eigenvalue weighted by molar-refractivity contribution is 0.460. The van der Waals surface area contributed by atoms with Crippen molar-refractivity contribution in [2.45, 2.75) is 19.5 Å². The van der Waals surface area contributed by atoms with Gasteiger partial charge in [0.2, 0.25) is 0 Å². The van der Waals surface area contributed by atoms with Crippen molar-refractivity contribution in [1.82, 2.24) is 5.32 Å². The zero-order chi connectivity index (χ0) is 12.3. The van der Waals surface area contributed by atoms with Crippen molar-refractivity contribution in [3.8, 4) is 5.75 Å². The fraction of sp³-hybridized carbons (Fsp3) is 0.231. The van der Waals surface area contributed by atoms with E-state index in [-0.39, 0.29) is 0 Å². The molecule has 0 aliphatic heterocycles. The van der Waals surface area contributed by atoms with E-state index in [9.17, 15) is 5.11 Å². The van der Waals surface area contributed by atoms with Crippen molar-refractivity contribution >= 4 is 27.3 Å². The Bertz CT molecular complexity index is 484. The molecule has 0 fully saturated rings. The third-order valence-electron chi connectivity index (χ3n) is 2.61. The second kappa shape index (κ2) is 5.67. The molecule has 1 atom stereocenters. The number of halogens is 1. The Labute approximate surface area is 113 Å². The van der Waals surface area contributed by atoms with Crippen LogP contribution in [0.2, 0.25) is 0 Å². The minimum absolute atomic E-state index is 0.299. The summed E-state index contributed by atoms with van der Waals surface area (Å²) in [4.78, 5) is 1.31. The van der Waals surface area contributed by atoms with Gasteiger partial charge in [-0.25, -0.2) is 0 Å². The van der Waals surface area contributed by atoms with Crippen molar-refractivity contribution in [3.05, 3.63) is 50.6 Å². The van der Waals surface area contributed by atoms with Crippen LogP contribution in [-0.2, 0) is 6.54 Å². The Balaban J connectivity index is 2.00. The van der Waals surface area contributed by atoms with Crippen LogP contribution >= 0.6 is 27.3 Å². The molecule has 0 aliphatic rings. The molecule has 90 valence electrons. The molecule has 0 bridgehead atoms. The molecule has 2 nitrogen and oxygen atoms in total. The summed E-state index contributed by atoms with van der Waals surface area (Å²) in [6, 6.07) is 9.94. The first-order valence-electron chi connectivity index (χ1n) is 5.41. The Morgan fingerprint density at radius 1 is 1.41 bits per heavy atom. The third kappa shape index (κ3) is 3.31. The predicted octanol–water partition coefficient (Wildman–Crippen LogP) is 4.07. The van der Waals surface area contributed by atoms with Gasteiger partial charge < -0.3 is 10.4 Å². The van der Waals surface area contributed by atoms with E-state index in [2.05, 4.69) is 45.7 Å². The molecule has 4 heteroatoms. The highest BCUT2D eigenvalue weighted by atomic mass is 79.9. The van der Waals surface area contributed by atoms with E-state index in [0.717, 1.165) is 10.0 Å². The maximum atomic E-state index is 9.72. The summed E-state index contributed by atoms with van der Waals surface area (Å²) in [5, 5.41) is 15.2. The van der Waals surface area contributed by atoms with Crippen LogP contribution in [0.3, 0.4) is 0 Å². The van der Waals surface area contributed by atoms with E-state index < -0.39 is 0 Å². The number of phenols is 1. The van der Waals surface area contributed by atoms with Crippen LogP contribution < -0.4 is 5.32 Å². The average Bonchev–Trinajstić information content (AvgIpc) is 2.83. The maximum Gasteiger partial charge on any atom is 0.120 e. The molecule has 0 radical (unpaired) electrons. The quantitative estimate of drug-likeness (QED) is 0.892. The molecule has 0 saturated heterocycles. The number of benzene rings is 1. The van der Waals surface area contributed by atoms with E-state index in [0.29, 0.717) is 18.3 Å². The topological polar surface area (TPSA) is 32.3 Å². The predicted molar refractivity (Wildman–Crippen MR) is 75.4 cm³/mol. The zero-order valence-corrected chi connectivity index (χ0v) is 11.9. The molecule has 0 saturated carbocycles. The van der Waals surface area contributed by atoms with Crippen molar-refractivity contribution < 1.29 is 5.11 Å². The largest absolute Gasteiger partial charge is 0.508 e. The van der Waals surface area contributed by atoms with E-state index >= 15 is 0 Å². The molecule has 2 aromatic rings. The molecule has 2 N–H and O–H groups in total. The van der Waals surface area contributed by atoms with Gasteiger partial charge in [-0.3, -0.25) is 0 Å². The summed E-state index contributed by atoms with van der Waals surface area (Å²) < 4.78 is 0.982. The highest BCUT2D eigenvalue weighted by Gasteiger charge is 2.07. The molecule has 0 amide bonds. The van der Waals surface area contributed by atoms with Gasteiger partial charge in [-0.2, -0.15) is 0 Å². The standard InChI is InChI=1S/C13H14BrNOS/c1-9(13-3-2-6-17-13)15-8-10-7-11(14)4-5-12(10)16/h2-7,9,15-16H,8H2,1H3/t9-/m1/s1. The highest BCUT2D eigenvalue weighted by molar-refractivity contribution is 9.10. The van der Waals surface area contributed by atoms with Crippen LogP contribution in [0.15, 0.2) is 40.2 Å². The van der Waals surface area contributed by atoms with Crippen LogP contribution in [-0.4, -0.2) is 5.11 Å². The summed E-state index contributed by atoms with van der Waals surface area (Å²) in [5.41, 5.74) is 0.905. The number of phenolic OH excluding ortho intramolecular Hbond substituents is 1. The van der Waals surface area contributed by atoms with E-state index in [1.54, 1.807) is 17.4 Å². The normalized spacial score (nSPS) is 12.6. The van der Waals surface area contributed by atoms with Crippen molar-refractivity contribution in [2.24, 2.45) is 0 Å². The van der Waals surface area contributed by atoms with E-state index in [1.165, 1.54) is 4.88 Å². The monoisotopic (exact) mass is 311 g/mol. The second-order valence-electron chi connectivity index (χ2n) is 3.89. The SMILES string of the molecule is C[C@@H](NCc1cc(Br)ccc1O)c1cccs1. The summed E-state index contributed by atoms with van der Waals surface area (Å²) in [5.74, 6) is 0.332. The minimum atomic E-state index is 0.299.